The molecule has 0 bridgehead atoms. The van der Waals surface area contributed by atoms with Crippen molar-refractivity contribution in [3.05, 3.63) is 42.2 Å². The average Bonchev–Trinajstić information content (AvgIpc) is 3.18. The number of nitrogens with zero attached hydrogens (tertiary/aromatic N) is 1. The molecule has 2 aromatic rings. The van der Waals surface area contributed by atoms with Crippen molar-refractivity contribution in [3.63, 3.8) is 0 Å². The predicted molar refractivity (Wildman–Crippen MR) is 98.7 cm³/mol. The average molecular weight is 386 g/mol. The molecule has 1 aliphatic rings. The van der Waals surface area contributed by atoms with Crippen molar-refractivity contribution < 1.29 is 23.6 Å². The van der Waals surface area contributed by atoms with Crippen molar-refractivity contribution >= 4 is 17.7 Å². The van der Waals surface area contributed by atoms with E-state index in [-0.39, 0.29) is 29.5 Å². The fraction of sp³-hybridized carbons (Fsp3) is 0.368. The number of carbonyl (C=O) groups excluding carboxylic acids is 3. The molecule has 0 radical (unpaired) electrons. The third-order valence-corrected chi connectivity index (χ3v) is 4.68. The molecule has 9 nitrogen and oxygen atoms in total. The molecule has 3 amide bonds. The van der Waals surface area contributed by atoms with Crippen LogP contribution in [0.1, 0.15) is 30.3 Å². The standard InChI is InChI=1S/C19H22N4O5/c1-11(27-2)17(24)21-22-18(25)13-8-14(9-13)20-19(26)16-10-15(23-28-16)12-6-4-3-5-7-12/h3-7,10-11,13-14H,8-9H2,1-2H3,(H,20,26)(H,21,24)(H,22,25)/t11-,13-,14-/m1/s1. The summed E-state index contributed by atoms with van der Waals surface area (Å²) >= 11 is 0. The second kappa shape index (κ2) is 8.66. The van der Waals surface area contributed by atoms with Crippen LogP contribution in [0.2, 0.25) is 0 Å². The Bertz CT molecular complexity index is 845. The number of methoxy groups -OCH3 is 1. The summed E-state index contributed by atoms with van der Waals surface area (Å²) in [6.45, 7) is 1.57. The lowest BCUT2D eigenvalue weighted by Crippen LogP contribution is -2.53. The van der Waals surface area contributed by atoms with Gasteiger partial charge in [-0.25, -0.2) is 0 Å². The van der Waals surface area contributed by atoms with Crippen molar-refractivity contribution in [2.75, 3.05) is 7.11 Å². The van der Waals surface area contributed by atoms with E-state index in [1.165, 1.54) is 7.11 Å². The first-order chi connectivity index (χ1) is 13.5. The molecule has 0 aliphatic heterocycles. The van der Waals surface area contributed by atoms with Crippen molar-refractivity contribution in [3.8, 4) is 11.3 Å². The smallest absolute Gasteiger partial charge is 0.290 e. The second-order valence-corrected chi connectivity index (χ2v) is 6.64. The molecule has 0 saturated heterocycles. The minimum Gasteiger partial charge on any atom is -0.372 e. The van der Waals surface area contributed by atoms with Gasteiger partial charge >= 0.3 is 0 Å². The highest BCUT2D eigenvalue weighted by atomic mass is 16.5. The molecule has 1 heterocycles. The van der Waals surface area contributed by atoms with E-state index in [0.717, 1.165) is 5.56 Å². The third kappa shape index (κ3) is 4.55. The zero-order valence-corrected chi connectivity index (χ0v) is 15.6. The molecule has 0 spiro atoms. The van der Waals surface area contributed by atoms with Gasteiger partial charge in [0, 0.05) is 30.7 Å². The van der Waals surface area contributed by atoms with Crippen LogP contribution < -0.4 is 16.2 Å². The van der Waals surface area contributed by atoms with E-state index in [1.807, 2.05) is 30.3 Å². The molecule has 3 N–H and O–H groups in total. The zero-order chi connectivity index (χ0) is 20.1. The number of ether oxygens (including phenoxy) is 1. The Balaban J connectivity index is 1.43. The van der Waals surface area contributed by atoms with Crippen LogP contribution in [0.4, 0.5) is 0 Å². The van der Waals surface area contributed by atoms with Crippen LogP contribution in [0.25, 0.3) is 11.3 Å². The van der Waals surface area contributed by atoms with Gasteiger partial charge in [0.1, 0.15) is 11.8 Å². The van der Waals surface area contributed by atoms with Gasteiger partial charge in [0.05, 0.1) is 0 Å². The lowest BCUT2D eigenvalue weighted by molar-refractivity contribution is -0.137. The highest BCUT2D eigenvalue weighted by molar-refractivity contribution is 5.93. The second-order valence-electron chi connectivity index (χ2n) is 6.64. The van der Waals surface area contributed by atoms with Crippen LogP contribution in [0, 0.1) is 5.92 Å². The number of nitrogens with one attached hydrogen (secondary N) is 3. The lowest BCUT2D eigenvalue weighted by atomic mass is 9.79. The summed E-state index contributed by atoms with van der Waals surface area (Å²) < 4.78 is 9.97. The van der Waals surface area contributed by atoms with Crippen molar-refractivity contribution in [1.29, 1.82) is 0 Å². The van der Waals surface area contributed by atoms with Crippen LogP contribution in [-0.2, 0) is 14.3 Å². The Morgan fingerprint density at radius 2 is 1.89 bits per heavy atom. The predicted octanol–water partition coefficient (Wildman–Crippen LogP) is 1.03. The number of hydrogen-bond donors (Lipinski definition) is 3. The Labute approximate surface area is 161 Å². The summed E-state index contributed by atoms with van der Waals surface area (Å²) in [6.07, 6.45) is 0.302. The SMILES string of the molecule is CO[C@H](C)C(=O)NNC(=O)[C@H]1C[C@H](NC(=O)c2cc(-c3ccccc3)no2)C1. The Morgan fingerprint density at radius 1 is 1.18 bits per heavy atom. The molecular formula is C19H22N4O5. The normalized spacial score (nSPS) is 19.2. The molecule has 1 aliphatic carbocycles. The minimum atomic E-state index is -0.656. The van der Waals surface area contributed by atoms with E-state index < -0.39 is 12.0 Å². The van der Waals surface area contributed by atoms with Gasteiger partial charge in [0.15, 0.2) is 0 Å². The summed E-state index contributed by atoms with van der Waals surface area (Å²) in [4.78, 5) is 35.8. The maximum Gasteiger partial charge on any atom is 0.290 e. The Morgan fingerprint density at radius 3 is 2.57 bits per heavy atom. The van der Waals surface area contributed by atoms with Crippen LogP contribution in [0.15, 0.2) is 40.9 Å². The number of benzene rings is 1. The van der Waals surface area contributed by atoms with Crippen LogP contribution in [0.5, 0.6) is 0 Å². The van der Waals surface area contributed by atoms with E-state index in [0.29, 0.717) is 18.5 Å². The lowest BCUT2D eigenvalue weighted by Gasteiger charge is -2.34. The van der Waals surface area contributed by atoms with Gasteiger partial charge in [-0.3, -0.25) is 25.2 Å². The molecule has 1 aromatic carbocycles. The fourth-order valence-electron chi connectivity index (χ4n) is 2.77. The van der Waals surface area contributed by atoms with Crippen molar-refractivity contribution in [1.82, 2.24) is 21.3 Å². The van der Waals surface area contributed by atoms with Crippen LogP contribution in [0.3, 0.4) is 0 Å². The first-order valence-corrected chi connectivity index (χ1v) is 8.93. The minimum absolute atomic E-state index is 0.118. The number of rotatable bonds is 6. The number of amides is 3. The summed E-state index contributed by atoms with van der Waals surface area (Å²) in [5.41, 5.74) is 6.11. The number of hydrazine groups is 1. The van der Waals surface area contributed by atoms with E-state index in [9.17, 15) is 14.4 Å². The van der Waals surface area contributed by atoms with Gasteiger partial charge in [-0.15, -0.1) is 0 Å². The summed E-state index contributed by atoms with van der Waals surface area (Å²) in [6, 6.07) is 10.8. The topological polar surface area (TPSA) is 123 Å². The van der Waals surface area contributed by atoms with Gasteiger partial charge in [-0.2, -0.15) is 0 Å². The molecule has 9 heteroatoms. The highest BCUT2D eigenvalue weighted by Gasteiger charge is 2.36. The van der Waals surface area contributed by atoms with Gasteiger partial charge in [-0.05, 0) is 19.8 Å². The third-order valence-electron chi connectivity index (χ3n) is 4.68. The van der Waals surface area contributed by atoms with Crippen LogP contribution in [-0.4, -0.2) is 42.1 Å². The fourth-order valence-corrected chi connectivity index (χ4v) is 2.77. The zero-order valence-electron chi connectivity index (χ0n) is 15.6. The summed E-state index contributed by atoms with van der Waals surface area (Å²) in [7, 11) is 1.41. The molecule has 0 unspecified atom stereocenters. The van der Waals surface area contributed by atoms with E-state index in [4.69, 9.17) is 9.26 Å². The highest BCUT2D eigenvalue weighted by Crippen LogP contribution is 2.28. The molecule has 1 aromatic heterocycles. The van der Waals surface area contributed by atoms with Gasteiger partial charge in [-0.1, -0.05) is 35.5 Å². The number of aromatic nitrogens is 1. The van der Waals surface area contributed by atoms with Crippen molar-refractivity contribution in [2.24, 2.45) is 5.92 Å². The van der Waals surface area contributed by atoms with E-state index in [1.54, 1.807) is 13.0 Å². The Hall–Kier alpha value is -3.20. The first-order valence-electron chi connectivity index (χ1n) is 8.93. The maximum absolute atomic E-state index is 12.3. The Kier molecular flexibility index (Phi) is 6.05. The molecular weight excluding hydrogens is 364 g/mol. The largest absolute Gasteiger partial charge is 0.372 e. The van der Waals surface area contributed by atoms with Crippen molar-refractivity contribution in [2.45, 2.75) is 31.9 Å². The quantitative estimate of drug-likeness (QED) is 0.638. The van der Waals surface area contributed by atoms with Gasteiger partial charge in [0.2, 0.25) is 11.7 Å². The maximum atomic E-state index is 12.3. The van der Waals surface area contributed by atoms with E-state index in [2.05, 4.69) is 21.3 Å². The summed E-state index contributed by atoms with van der Waals surface area (Å²) in [5, 5.41) is 6.73. The monoisotopic (exact) mass is 386 g/mol. The van der Waals surface area contributed by atoms with E-state index >= 15 is 0 Å². The molecule has 1 saturated carbocycles. The molecule has 3 rings (SSSR count). The van der Waals surface area contributed by atoms with Gasteiger partial charge < -0.3 is 14.6 Å². The van der Waals surface area contributed by atoms with Gasteiger partial charge in [0.25, 0.3) is 11.8 Å². The molecule has 28 heavy (non-hydrogen) atoms. The first kappa shape index (κ1) is 19.6. The molecule has 1 atom stereocenters. The molecule has 148 valence electrons. The number of hydrogen-bond acceptors (Lipinski definition) is 6. The van der Waals surface area contributed by atoms with Crippen LogP contribution >= 0.6 is 0 Å². The summed E-state index contributed by atoms with van der Waals surface area (Å²) in [5.74, 6) is -1.26. The number of carbonyl (C=O) groups is 3. The molecule has 1 fully saturated rings.